The highest BCUT2D eigenvalue weighted by atomic mass is 35.5. The van der Waals surface area contributed by atoms with E-state index in [1.807, 2.05) is 13.8 Å². The lowest BCUT2D eigenvalue weighted by atomic mass is 10.2. The van der Waals surface area contributed by atoms with Gasteiger partial charge in [-0.15, -0.1) is 0 Å². The van der Waals surface area contributed by atoms with Gasteiger partial charge in [0.25, 0.3) is 5.91 Å². The van der Waals surface area contributed by atoms with E-state index in [0.29, 0.717) is 27.8 Å². The van der Waals surface area contributed by atoms with Gasteiger partial charge >= 0.3 is 5.97 Å². The van der Waals surface area contributed by atoms with Crippen molar-refractivity contribution >= 4 is 29.2 Å². The van der Waals surface area contributed by atoms with E-state index in [4.69, 9.17) is 25.8 Å². The van der Waals surface area contributed by atoms with Gasteiger partial charge in [0.05, 0.1) is 18.2 Å². The quantitative estimate of drug-likeness (QED) is 0.644. The Bertz CT molecular complexity index is 822. The van der Waals surface area contributed by atoms with Crippen LogP contribution in [0, 0.1) is 0 Å². The summed E-state index contributed by atoms with van der Waals surface area (Å²) in [6.07, 6.45) is -0.159. The summed E-state index contributed by atoms with van der Waals surface area (Å²) in [5.74, 6) is 0.282. The Morgan fingerprint density at radius 3 is 2.36 bits per heavy atom. The first kappa shape index (κ1) is 21.6. The molecule has 2 aromatic carbocycles. The first-order valence-corrected chi connectivity index (χ1v) is 9.34. The van der Waals surface area contributed by atoms with Crippen LogP contribution in [0.5, 0.6) is 11.5 Å². The summed E-state index contributed by atoms with van der Waals surface area (Å²) in [6, 6.07) is 11.5. The van der Waals surface area contributed by atoms with Crippen molar-refractivity contribution in [2.75, 3.05) is 12.4 Å². The average molecular weight is 406 g/mol. The van der Waals surface area contributed by atoms with Crippen LogP contribution in [-0.4, -0.2) is 31.2 Å². The lowest BCUT2D eigenvalue weighted by Crippen LogP contribution is -2.29. The van der Waals surface area contributed by atoms with Gasteiger partial charge in [0.2, 0.25) is 0 Å². The zero-order valence-corrected chi connectivity index (χ0v) is 17.1. The summed E-state index contributed by atoms with van der Waals surface area (Å²) < 4.78 is 15.9. The van der Waals surface area contributed by atoms with Crippen molar-refractivity contribution in [1.82, 2.24) is 0 Å². The Balaban J connectivity index is 1.97. The van der Waals surface area contributed by atoms with Gasteiger partial charge in [-0.25, -0.2) is 4.79 Å². The van der Waals surface area contributed by atoms with Crippen molar-refractivity contribution in [3.05, 3.63) is 53.1 Å². The Hall–Kier alpha value is -2.73. The normalized spacial score (nSPS) is 12.6. The number of benzene rings is 2. The largest absolute Gasteiger partial charge is 0.495 e. The molecule has 6 nitrogen and oxygen atoms in total. The molecule has 2 atom stereocenters. The first-order chi connectivity index (χ1) is 13.3. The van der Waals surface area contributed by atoms with Crippen molar-refractivity contribution in [3.8, 4) is 11.5 Å². The molecular formula is C21H24ClNO5. The third-order valence-corrected chi connectivity index (χ3v) is 4.36. The highest BCUT2D eigenvalue weighted by molar-refractivity contribution is 6.32. The maximum atomic E-state index is 12.4. The van der Waals surface area contributed by atoms with Gasteiger partial charge in [0, 0.05) is 11.3 Å². The molecule has 0 unspecified atom stereocenters. The second-order valence-corrected chi connectivity index (χ2v) is 6.65. The summed E-state index contributed by atoms with van der Waals surface area (Å²) >= 11 is 6.06. The number of carbonyl (C=O) groups is 2. The number of halogens is 1. The van der Waals surface area contributed by atoms with Gasteiger partial charge in [-0.05, 0) is 62.7 Å². The summed E-state index contributed by atoms with van der Waals surface area (Å²) in [6.45, 7) is 5.39. The number of rotatable bonds is 8. The second-order valence-electron chi connectivity index (χ2n) is 6.24. The van der Waals surface area contributed by atoms with Gasteiger partial charge in [0.15, 0.2) is 6.10 Å². The summed E-state index contributed by atoms with van der Waals surface area (Å²) in [4.78, 5) is 24.3. The maximum absolute atomic E-state index is 12.4. The second kappa shape index (κ2) is 9.99. The third kappa shape index (κ3) is 5.89. The van der Waals surface area contributed by atoms with E-state index in [0.717, 1.165) is 6.42 Å². The molecule has 0 spiro atoms. The lowest BCUT2D eigenvalue weighted by molar-refractivity contribution is -0.155. The van der Waals surface area contributed by atoms with Crippen LogP contribution in [0.3, 0.4) is 0 Å². The van der Waals surface area contributed by atoms with Crippen molar-refractivity contribution < 1.29 is 23.8 Å². The molecule has 1 amide bonds. The van der Waals surface area contributed by atoms with Crippen LogP contribution in [0.1, 0.15) is 37.6 Å². The number of esters is 1. The van der Waals surface area contributed by atoms with E-state index >= 15 is 0 Å². The molecule has 1 N–H and O–H groups in total. The number of hydrogen-bond acceptors (Lipinski definition) is 5. The first-order valence-electron chi connectivity index (χ1n) is 8.96. The van der Waals surface area contributed by atoms with E-state index in [2.05, 4.69) is 5.32 Å². The number of nitrogens with one attached hydrogen (secondary N) is 1. The molecule has 0 radical (unpaired) electrons. The molecule has 28 heavy (non-hydrogen) atoms. The van der Waals surface area contributed by atoms with Gasteiger partial charge in [-0.1, -0.05) is 18.5 Å². The molecule has 0 saturated heterocycles. The molecule has 2 rings (SSSR count). The van der Waals surface area contributed by atoms with Gasteiger partial charge in [0.1, 0.15) is 11.5 Å². The zero-order chi connectivity index (χ0) is 20.7. The molecule has 2 aromatic rings. The van der Waals surface area contributed by atoms with Crippen LogP contribution in [0.2, 0.25) is 5.02 Å². The Morgan fingerprint density at radius 2 is 1.79 bits per heavy atom. The van der Waals surface area contributed by atoms with Gasteiger partial charge in [-0.3, -0.25) is 4.79 Å². The standard InChI is InChI=1S/C21H24ClNO5/c1-5-13(2)27-21(25)14(3)28-17-9-6-15(7-10-17)20(24)23-16-8-11-19(26-4)18(22)12-16/h6-14H,5H2,1-4H3,(H,23,24)/t13-,14-/m0/s1. The molecule has 0 heterocycles. The van der Waals surface area contributed by atoms with Gasteiger partial charge in [-0.2, -0.15) is 0 Å². The molecule has 0 aliphatic carbocycles. The molecule has 0 bridgehead atoms. The summed E-state index contributed by atoms with van der Waals surface area (Å²) in [5, 5.41) is 3.17. The number of ether oxygens (including phenoxy) is 3. The number of methoxy groups -OCH3 is 1. The molecule has 0 saturated carbocycles. The van der Waals surface area contributed by atoms with Crippen molar-refractivity contribution in [1.29, 1.82) is 0 Å². The van der Waals surface area contributed by atoms with Crippen LogP contribution in [0.25, 0.3) is 0 Å². The van der Waals surface area contributed by atoms with Crippen LogP contribution in [-0.2, 0) is 9.53 Å². The van der Waals surface area contributed by atoms with Crippen molar-refractivity contribution in [3.63, 3.8) is 0 Å². The fourth-order valence-corrected chi connectivity index (χ4v) is 2.52. The number of carbonyl (C=O) groups excluding carboxylic acids is 2. The fourth-order valence-electron chi connectivity index (χ4n) is 2.26. The molecule has 0 aliphatic heterocycles. The number of anilines is 1. The van der Waals surface area contributed by atoms with Gasteiger partial charge < -0.3 is 19.5 Å². The average Bonchev–Trinajstić information content (AvgIpc) is 2.68. The molecule has 7 heteroatoms. The number of amides is 1. The topological polar surface area (TPSA) is 73.9 Å². The minimum Gasteiger partial charge on any atom is -0.495 e. The predicted molar refractivity (Wildman–Crippen MR) is 108 cm³/mol. The Kier molecular flexibility index (Phi) is 7.70. The molecule has 0 aliphatic rings. The van der Waals surface area contributed by atoms with Crippen LogP contribution < -0.4 is 14.8 Å². The Morgan fingerprint density at radius 1 is 1.11 bits per heavy atom. The fraction of sp³-hybridized carbons (Fsp3) is 0.333. The van der Waals surface area contributed by atoms with Crippen LogP contribution >= 0.6 is 11.6 Å². The molecule has 150 valence electrons. The molecule has 0 fully saturated rings. The minimum atomic E-state index is -0.741. The minimum absolute atomic E-state index is 0.156. The summed E-state index contributed by atoms with van der Waals surface area (Å²) in [5.41, 5.74) is 0.992. The van der Waals surface area contributed by atoms with Crippen molar-refractivity contribution in [2.45, 2.75) is 39.4 Å². The van der Waals surface area contributed by atoms with Crippen LogP contribution in [0.4, 0.5) is 5.69 Å². The maximum Gasteiger partial charge on any atom is 0.347 e. The zero-order valence-electron chi connectivity index (χ0n) is 16.3. The van der Waals surface area contributed by atoms with Crippen LogP contribution in [0.15, 0.2) is 42.5 Å². The predicted octanol–water partition coefficient (Wildman–Crippen LogP) is 4.71. The lowest BCUT2D eigenvalue weighted by Gasteiger charge is -2.17. The van der Waals surface area contributed by atoms with E-state index < -0.39 is 12.1 Å². The van der Waals surface area contributed by atoms with E-state index in [-0.39, 0.29) is 12.0 Å². The molecular weight excluding hydrogens is 382 g/mol. The van der Waals surface area contributed by atoms with Crippen molar-refractivity contribution in [2.24, 2.45) is 0 Å². The summed E-state index contributed by atoms with van der Waals surface area (Å²) in [7, 11) is 1.52. The highest BCUT2D eigenvalue weighted by Gasteiger charge is 2.18. The SMILES string of the molecule is CC[C@H](C)OC(=O)[C@H](C)Oc1ccc(C(=O)Nc2ccc(OC)c(Cl)c2)cc1. The third-order valence-electron chi connectivity index (χ3n) is 4.06. The monoisotopic (exact) mass is 405 g/mol. The van der Waals surface area contributed by atoms with E-state index in [1.165, 1.54) is 7.11 Å². The Labute approximate surface area is 169 Å². The van der Waals surface area contributed by atoms with E-state index in [1.54, 1.807) is 49.4 Å². The highest BCUT2D eigenvalue weighted by Crippen LogP contribution is 2.27. The van der Waals surface area contributed by atoms with E-state index in [9.17, 15) is 9.59 Å². The number of hydrogen-bond donors (Lipinski definition) is 1. The smallest absolute Gasteiger partial charge is 0.347 e. The molecule has 0 aromatic heterocycles.